The van der Waals surface area contributed by atoms with Gasteiger partial charge in [0.2, 0.25) is 5.91 Å². The van der Waals surface area contributed by atoms with Gasteiger partial charge in [-0.15, -0.1) is 0 Å². The van der Waals surface area contributed by atoms with Crippen LogP contribution in [0.25, 0.3) is 5.69 Å². The van der Waals surface area contributed by atoms with Crippen LogP contribution in [0.5, 0.6) is 0 Å². The summed E-state index contributed by atoms with van der Waals surface area (Å²) in [4.78, 5) is 32.2. The Morgan fingerprint density at radius 1 is 0.935 bits per heavy atom. The molecular weight excluding hydrogens is 397 g/mol. The van der Waals surface area contributed by atoms with Gasteiger partial charge in [0.05, 0.1) is 22.6 Å². The molecule has 2 amide bonds. The Morgan fingerprint density at radius 2 is 1.55 bits per heavy atom. The maximum atomic E-state index is 13.3. The Balaban J connectivity index is 1.42. The van der Waals surface area contributed by atoms with E-state index in [-0.39, 0.29) is 23.5 Å². The van der Waals surface area contributed by atoms with Gasteiger partial charge >= 0.3 is 0 Å². The number of hydrogen-bond donors (Lipinski definition) is 0. The molecule has 2 aromatic rings. The first-order valence-electron chi connectivity index (χ1n) is 10.9. The van der Waals surface area contributed by atoms with Crippen LogP contribution in [0.3, 0.4) is 0 Å². The fourth-order valence-electron chi connectivity index (χ4n) is 4.56. The third-order valence-corrected chi connectivity index (χ3v) is 6.52. The second kappa shape index (κ2) is 8.78. The van der Waals surface area contributed by atoms with Crippen molar-refractivity contribution in [2.24, 2.45) is 5.92 Å². The monoisotopic (exact) mass is 427 g/mol. The molecule has 2 fully saturated rings. The zero-order chi connectivity index (χ0) is 22.1. The van der Waals surface area contributed by atoms with Crippen LogP contribution in [-0.4, -0.2) is 82.6 Å². The molecule has 0 unspecified atom stereocenters. The fraction of sp³-hybridized carbons (Fsp3) is 0.522. The number of aromatic nitrogens is 2. The minimum absolute atomic E-state index is 0.00316. The first kappa shape index (κ1) is 21.5. The highest BCUT2D eigenvalue weighted by atomic mass is 19.1. The third kappa shape index (κ3) is 4.35. The number of amides is 2. The second-order valence-corrected chi connectivity index (χ2v) is 8.63. The normalized spacial score (nSPS) is 18.5. The van der Waals surface area contributed by atoms with Crippen LogP contribution in [0.4, 0.5) is 4.39 Å². The van der Waals surface area contributed by atoms with Gasteiger partial charge in [-0.1, -0.05) is 0 Å². The number of carbonyl (C=O) groups excluding carboxylic acids is 2. The van der Waals surface area contributed by atoms with Crippen LogP contribution in [-0.2, 0) is 4.79 Å². The quantitative estimate of drug-likeness (QED) is 0.754. The van der Waals surface area contributed by atoms with Crippen molar-refractivity contribution >= 4 is 11.8 Å². The minimum Gasteiger partial charge on any atom is -0.340 e. The average molecular weight is 428 g/mol. The standard InChI is InChI=1S/C23H30FN5O2/c1-16-21(17(2)29(25-16)20-6-4-19(24)5-7-20)23(31)27-10-8-18(9-11-27)22(30)28-14-12-26(3)13-15-28/h4-7,18H,8-15H2,1-3H3. The average Bonchev–Trinajstić information content (AvgIpc) is 3.08. The van der Waals surface area contributed by atoms with Crippen molar-refractivity contribution in [2.45, 2.75) is 26.7 Å². The molecular formula is C23H30FN5O2. The van der Waals surface area contributed by atoms with E-state index >= 15 is 0 Å². The van der Waals surface area contributed by atoms with Crippen molar-refractivity contribution in [3.05, 3.63) is 47.0 Å². The summed E-state index contributed by atoms with van der Waals surface area (Å²) in [5.74, 6) is -0.127. The van der Waals surface area contributed by atoms with Crippen LogP contribution in [0, 0.1) is 25.6 Å². The lowest BCUT2D eigenvalue weighted by Gasteiger charge is -2.37. The molecule has 0 N–H and O–H groups in total. The smallest absolute Gasteiger partial charge is 0.257 e. The Bertz CT molecular complexity index is 955. The zero-order valence-corrected chi connectivity index (χ0v) is 18.5. The van der Waals surface area contributed by atoms with E-state index in [2.05, 4.69) is 17.0 Å². The molecule has 0 bridgehead atoms. The van der Waals surface area contributed by atoms with Gasteiger partial charge in [-0.2, -0.15) is 5.10 Å². The highest BCUT2D eigenvalue weighted by Gasteiger charge is 2.33. The first-order valence-corrected chi connectivity index (χ1v) is 10.9. The van der Waals surface area contributed by atoms with E-state index in [1.165, 1.54) is 12.1 Å². The summed E-state index contributed by atoms with van der Waals surface area (Å²) < 4.78 is 14.9. The molecule has 0 spiro atoms. The van der Waals surface area contributed by atoms with Crippen LogP contribution in [0.15, 0.2) is 24.3 Å². The van der Waals surface area contributed by atoms with Crippen molar-refractivity contribution < 1.29 is 14.0 Å². The van der Waals surface area contributed by atoms with Gasteiger partial charge in [-0.25, -0.2) is 9.07 Å². The van der Waals surface area contributed by atoms with Crippen molar-refractivity contribution in [3.63, 3.8) is 0 Å². The second-order valence-electron chi connectivity index (χ2n) is 8.63. The largest absolute Gasteiger partial charge is 0.340 e. The van der Waals surface area contributed by atoms with E-state index in [1.54, 1.807) is 16.8 Å². The van der Waals surface area contributed by atoms with E-state index in [4.69, 9.17) is 0 Å². The van der Waals surface area contributed by atoms with Crippen LogP contribution in [0.1, 0.15) is 34.6 Å². The van der Waals surface area contributed by atoms with E-state index in [0.717, 1.165) is 37.6 Å². The third-order valence-electron chi connectivity index (χ3n) is 6.52. The fourth-order valence-corrected chi connectivity index (χ4v) is 4.56. The molecule has 0 radical (unpaired) electrons. The topological polar surface area (TPSA) is 61.7 Å². The molecule has 31 heavy (non-hydrogen) atoms. The van der Waals surface area contributed by atoms with E-state index in [1.807, 2.05) is 23.6 Å². The maximum absolute atomic E-state index is 13.3. The predicted octanol–water partition coefficient (Wildman–Crippen LogP) is 2.25. The lowest BCUT2D eigenvalue weighted by atomic mass is 9.94. The Hall–Kier alpha value is -2.74. The van der Waals surface area contributed by atoms with Crippen LogP contribution < -0.4 is 0 Å². The van der Waals surface area contributed by atoms with Gasteiger partial charge in [0.25, 0.3) is 5.91 Å². The molecule has 166 valence electrons. The summed E-state index contributed by atoms with van der Waals surface area (Å²) in [5.41, 5.74) is 2.71. The highest BCUT2D eigenvalue weighted by Crippen LogP contribution is 2.25. The number of hydrogen-bond acceptors (Lipinski definition) is 4. The summed E-state index contributed by atoms with van der Waals surface area (Å²) in [6.45, 7) is 8.24. The van der Waals surface area contributed by atoms with Crippen molar-refractivity contribution in [3.8, 4) is 5.69 Å². The van der Waals surface area contributed by atoms with Gasteiger partial charge in [-0.05, 0) is 58.0 Å². The highest BCUT2D eigenvalue weighted by molar-refractivity contribution is 5.96. The summed E-state index contributed by atoms with van der Waals surface area (Å²) in [7, 11) is 2.08. The van der Waals surface area contributed by atoms with Crippen molar-refractivity contribution in [2.75, 3.05) is 46.3 Å². The number of piperidine rings is 1. The molecule has 1 aromatic carbocycles. The number of nitrogens with zero attached hydrogens (tertiary/aromatic N) is 5. The zero-order valence-electron chi connectivity index (χ0n) is 18.5. The molecule has 8 heteroatoms. The van der Waals surface area contributed by atoms with Gasteiger partial charge in [0.1, 0.15) is 5.82 Å². The van der Waals surface area contributed by atoms with Crippen LogP contribution >= 0.6 is 0 Å². The van der Waals surface area contributed by atoms with Crippen LogP contribution in [0.2, 0.25) is 0 Å². The Labute approximate surface area is 182 Å². The molecule has 1 aromatic heterocycles. The summed E-state index contributed by atoms with van der Waals surface area (Å²) in [5, 5.41) is 4.52. The predicted molar refractivity (Wildman–Crippen MR) is 116 cm³/mol. The van der Waals surface area contributed by atoms with Crippen molar-refractivity contribution in [1.29, 1.82) is 0 Å². The molecule has 3 heterocycles. The van der Waals surface area contributed by atoms with E-state index in [9.17, 15) is 14.0 Å². The first-order chi connectivity index (χ1) is 14.8. The van der Waals surface area contributed by atoms with Gasteiger partial charge in [-0.3, -0.25) is 9.59 Å². The summed E-state index contributed by atoms with van der Waals surface area (Å²) in [6, 6.07) is 6.07. The van der Waals surface area contributed by atoms with Gasteiger partial charge < -0.3 is 14.7 Å². The van der Waals surface area contributed by atoms with Gasteiger partial charge in [0, 0.05) is 45.2 Å². The lowest BCUT2D eigenvalue weighted by molar-refractivity contribution is -0.138. The minimum atomic E-state index is -0.310. The number of benzene rings is 1. The molecule has 7 nitrogen and oxygen atoms in total. The number of rotatable bonds is 3. The van der Waals surface area contributed by atoms with Crippen molar-refractivity contribution in [1.82, 2.24) is 24.5 Å². The Morgan fingerprint density at radius 3 is 2.16 bits per heavy atom. The molecule has 2 aliphatic heterocycles. The number of piperazine rings is 1. The number of carbonyl (C=O) groups is 2. The summed E-state index contributed by atoms with van der Waals surface area (Å²) in [6.07, 6.45) is 1.39. The summed E-state index contributed by atoms with van der Waals surface area (Å²) >= 11 is 0. The molecule has 2 aliphatic rings. The van der Waals surface area contributed by atoms with Gasteiger partial charge in [0.15, 0.2) is 0 Å². The van der Waals surface area contributed by atoms with E-state index in [0.29, 0.717) is 37.2 Å². The Kier molecular flexibility index (Phi) is 6.09. The molecule has 0 saturated carbocycles. The SMILES string of the molecule is Cc1nn(-c2ccc(F)cc2)c(C)c1C(=O)N1CCC(C(=O)N2CCN(C)CC2)CC1. The number of aryl methyl sites for hydroxylation is 1. The maximum Gasteiger partial charge on any atom is 0.257 e. The lowest BCUT2D eigenvalue weighted by Crippen LogP contribution is -2.51. The molecule has 0 atom stereocenters. The number of likely N-dealkylation sites (N-methyl/N-ethyl adjacent to an activating group) is 1. The number of halogens is 1. The molecule has 4 rings (SSSR count). The van der Waals surface area contributed by atoms with E-state index < -0.39 is 0 Å². The number of likely N-dealkylation sites (tertiary alicyclic amines) is 1. The molecule has 2 saturated heterocycles. The molecule has 0 aliphatic carbocycles.